The largest absolute Gasteiger partial charge is 0.465 e. The smallest absolute Gasteiger partial charge is 0.337 e. The van der Waals surface area contributed by atoms with Crippen molar-refractivity contribution in [1.82, 2.24) is 5.16 Å². The number of esters is 1. The quantitative estimate of drug-likeness (QED) is 0.799. The number of benzene rings is 1. The summed E-state index contributed by atoms with van der Waals surface area (Å²) < 4.78 is 14.9. The molecule has 1 aromatic heterocycles. The summed E-state index contributed by atoms with van der Waals surface area (Å²) >= 11 is 0. The van der Waals surface area contributed by atoms with Crippen LogP contribution in [-0.2, 0) is 16.0 Å². The van der Waals surface area contributed by atoms with Gasteiger partial charge in [0.1, 0.15) is 5.76 Å². The zero-order valence-corrected chi connectivity index (χ0v) is 12.9. The molecule has 0 N–H and O–H groups in total. The molecule has 0 aliphatic carbocycles. The van der Waals surface area contributed by atoms with Crippen molar-refractivity contribution in [1.29, 1.82) is 0 Å². The Labute approximate surface area is 132 Å². The molecule has 0 bridgehead atoms. The monoisotopic (exact) mass is 316 g/mol. The molecular weight excluding hydrogens is 300 g/mol. The van der Waals surface area contributed by atoms with Gasteiger partial charge in [0.2, 0.25) is 0 Å². The Morgan fingerprint density at radius 3 is 2.87 bits per heavy atom. The van der Waals surface area contributed by atoms with Gasteiger partial charge >= 0.3 is 5.97 Å². The van der Waals surface area contributed by atoms with Crippen molar-refractivity contribution in [3.05, 3.63) is 41.2 Å². The topological polar surface area (TPSA) is 81.9 Å². The second kappa shape index (κ2) is 6.12. The third-order valence-electron chi connectivity index (χ3n) is 3.65. The molecule has 1 aliphatic heterocycles. The van der Waals surface area contributed by atoms with E-state index in [4.69, 9.17) is 14.0 Å². The number of hydrogen-bond donors (Lipinski definition) is 0. The molecule has 1 amide bonds. The first kappa shape index (κ1) is 15.1. The van der Waals surface area contributed by atoms with Gasteiger partial charge in [0.15, 0.2) is 6.61 Å². The van der Waals surface area contributed by atoms with Crippen LogP contribution in [0.3, 0.4) is 0 Å². The molecule has 1 aliphatic rings. The fourth-order valence-corrected chi connectivity index (χ4v) is 2.53. The maximum Gasteiger partial charge on any atom is 0.337 e. The van der Waals surface area contributed by atoms with Gasteiger partial charge in [0.05, 0.1) is 12.7 Å². The molecule has 0 radical (unpaired) electrons. The van der Waals surface area contributed by atoms with Gasteiger partial charge in [0.25, 0.3) is 11.8 Å². The Morgan fingerprint density at radius 1 is 1.35 bits per heavy atom. The summed E-state index contributed by atoms with van der Waals surface area (Å²) in [5.74, 6) is 0.350. The van der Waals surface area contributed by atoms with Gasteiger partial charge in [-0.05, 0) is 42.3 Å². The molecule has 0 unspecified atom stereocenters. The number of ether oxygens (including phenoxy) is 2. The third-order valence-corrected chi connectivity index (χ3v) is 3.65. The van der Waals surface area contributed by atoms with Crippen LogP contribution in [0.2, 0.25) is 0 Å². The molecule has 2 heterocycles. The number of hydrogen-bond acceptors (Lipinski definition) is 6. The van der Waals surface area contributed by atoms with E-state index in [2.05, 4.69) is 5.16 Å². The van der Waals surface area contributed by atoms with Gasteiger partial charge in [0, 0.05) is 18.3 Å². The van der Waals surface area contributed by atoms with Crippen LogP contribution >= 0.6 is 0 Å². The van der Waals surface area contributed by atoms with E-state index in [1.807, 2.05) is 0 Å². The van der Waals surface area contributed by atoms with Gasteiger partial charge in [-0.25, -0.2) is 4.79 Å². The minimum atomic E-state index is -0.387. The van der Waals surface area contributed by atoms with Crippen molar-refractivity contribution >= 4 is 17.6 Å². The fourth-order valence-electron chi connectivity index (χ4n) is 2.53. The van der Waals surface area contributed by atoms with Gasteiger partial charge in [-0.1, -0.05) is 0 Å². The second-order valence-corrected chi connectivity index (χ2v) is 5.19. The summed E-state index contributed by atoms with van der Waals surface area (Å²) in [6.07, 6.45) is 0.689. The van der Waals surface area contributed by atoms with Gasteiger partial charge < -0.3 is 18.9 Å². The Bertz CT molecular complexity index is 753. The van der Waals surface area contributed by atoms with Gasteiger partial charge in [-0.3, -0.25) is 4.79 Å². The van der Waals surface area contributed by atoms with E-state index in [-0.39, 0.29) is 24.4 Å². The Hall–Kier alpha value is -2.83. The normalized spacial score (nSPS) is 12.9. The van der Waals surface area contributed by atoms with E-state index in [1.54, 1.807) is 36.1 Å². The number of nitrogens with zero attached hydrogens (tertiary/aromatic N) is 2. The summed E-state index contributed by atoms with van der Waals surface area (Å²) in [6.45, 7) is 2.18. The summed E-state index contributed by atoms with van der Waals surface area (Å²) in [5, 5.41) is 3.68. The van der Waals surface area contributed by atoms with Gasteiger partial charge in [-0.15, -0.1) is 0 Å². The summed E-state index contributed by atoms with van der Waals surface area (Å²) in [6, 6.07) is 6.79. The van der Waals surface area contributed by atoms with E-state index < -0.39 is 0 Å². The van der Waals surface area contributed by atoms with Crippen LogP contribution < -0.4 is 9.64 Å². The van der Waals surface area contributed by atoms with Crippen LogP contribution in [0.5, 0.6) is 5.88 Å². The van der Waals surface area contributed by atoms with Crippen molar-refractivity contribution < 1.29 is 23.6 Å². The number of fused-ring (bicyclic) bond motifs is 1. The first-order valence-electron chi connectivity index (χ1n) is 7.16. The number of rotatable bonds is 4. The molecule has 120 valence electrons. The van der Waals surface area contributed by atoms with Crippen molar-refractivity contribution in [2.75, 3.05) is 25.2 Å². The fraction of sp³-hybridized carbons (Fsp3) is 0.312. The molecule has 2 aromatic rings. The highest BCUT2D eigenvalue weighted by atomic mass is 16.5. The average Bonchev–Trinajstić information content (AvgIpc) is 3.17. The molecule has 7 heteroatoms. The number of anilines is 1. The lowest BCUT2D eigenvalue weighted by atomic mass is 10.1. The molecule has 0 atom stereocenters. The van der Waals surface area contributed by atoms with E-state index in [1.165, 1.54) is 7.11 Å². The lowest BCUT2D eigenvalue weighted by molar-refractivity contribution is -0.120. The maximum atomic E-state index is 12.3. The molecule has 3 rings (SSSR count). The SMILES string of the molecule is COC(=O)c1ccc2c(c1)CCN2C(=O)COc1cc(C)on1. The summed E-state index contributed by atoms with van der Waals surface area (Å²) in [4.78, 5) is 25.5. The van der Waals surface area contributed by atoms with E-state index in [9.17, 15) is 9.59 Å². The number of aryl methyl sites for hydroxylation is 1. The maximum absolute atomic E-state index is 12.3. The van der Waals surface area contributed by atoms with Crippen molar-refractivity contribution in [2.45, 2.75) is 13.3 Å². The highest BCUT2D eigenvalue weighted by molar-refractivity contribution is 5.98. The lowest BCUT2D eigenvalue weighted by Crippen LogP contribution is -2.33. The molecule has 0 saturated carbocycles. The molecule has 23 heavy (non-hydrogen) atoms. The number of carbonyl (C=O) groups excluding carboxylic acids is 2. The Balaban J connectivity index is 1.69. The number of carbonyl (C=O) groups is 2. The predicted molar refractivity (Wildman–Crippen MR) is 80.6 cm³/mol. The Kier molecular flexibility index (Phi) is 4.01. The van der Waals surface area contributed by atoms with Crippen LogP contribution in [0.1, 0.15) is 21.7 Å². The van der Waals surface area contributed by atoms with Crippen LogP contribution in [-0.4, -0.2) is 37.3 Å². The number of methoxy groups -OCH3 is 1. The van der Waals surface area contributed by atoms with E-state index >= 15 is 0 Å². The van der Waals surface area contributed by atoms with Crippen molar-refractivity contribution in [3.8, 4) is 5.88 Å². The molecular formula is C16H16N2O5. The van der Waals surface area contributed by atoms with Gasteiger partial charge in [-0.2, -0.15) is 0 Å². The average molecular weight is 316 g/mol. The zero-order chi connectivity index (χ0) is 16.4. The first-order valence-corrected chi connectivity index (χ1v) is 7.16. The van der Waals surface area contributed by atoms with Crippen LogP contribution in [0.15, 0.2) is 28.8 Å². The molecule has 0 saturated heterocycles. The van der Waals surface area contributed by atoms with Crippen LogP contribution in [0, 0.1) is 6.92 Å². The van der Waals surface area contributed by atoms with Crippen LogP contribution in [0.4, 0.5) is 5.69 Å². The number of aromatic nitrogens is 1. The Morgan fingerprint density at radius 2 is 2.17 bits per heavy atom. The molecule has 7 nitrogen and oxygen atoms in total. The van der Waals surface area contributed by atoms with E-state index in [0.29, 0.717) is 24.3 Å². The zero-order valence-electron chi connectivity index (χ0n) is 12.9. The highest BCUT2D eigenvalue weighted by Crippen LogP contribution is 2.29. The minimum Gasteiger partial charge on any atom is -0.465 e. The van der Waals surface area contributed by atoms with Crippen molar-refractivity contribution in [3.63, 3.8) is 0 Å². The van der Waals surface area contributed by atoms with Crippen molar-refractivity contribution in [2.24, 2.45) is 0 Å². The summed E-state index contributed by atoms with van der Waals surface area (Å²) in [7, 11) is 1.34. The standard InChI is InChI=1S/C16H16N2O5/c1-10-7-14(17-23-10)22-9-15(19)18-6-5-11-8-12(16(20)21-2)3-4-13(11)18/h3-4,7-8H,5-6,9H2,1-2H3. The van der Waals surface area contributed by atoms with Crippen LogP contribution in [0.25, 0.3) is 0 Å². The molecule has 0 spiro atoms. The van der Waals surface area contributed by atoms with E-state index in [0.717, 1.165) is 11.3 Å². The minimum absolute atomic E-state index is 0.121. The molecule has 1 aromatic carbocycles. The second-order valence-electron chi connectivity index (χ2n) is 5.19. The third kappa shape index (κ3) is 3.03. The molecule has 0 fully saturated rings. The lowest BCUT2D eigenvalue weighted by Gasteiger charge is -2.17. The summed E-state index contributed by atoms with van der Waals surface area (Å²) in [5.41, 5.74) is 2.22. The first-order chi connectivity index (χ1) is 11.1. The highest BCUT2D eigenvalue weighted by Gasteiger charge is 2.26. The predicted octanol–water partition coefficient (Wildman–Crippen LogP) is 1.74. The number of amides is 1.